The predicted octanol–water partition coefficient (Wildman–Crippen LogP) is 4.44. The molecule has 0 radical (unpaired) electrons. The number of aryl methyl sites for hydroxylation is 1. The molecule has 3 heteroatoms. The second-order valence-electron chi connectivity index (χ2n) is 4.23. The molecule has 0 heterocycles. The van der Waals surface area contributed by atoms with Gasteiger partial charge in [-0.1, -0.05) is 41.9 Å². The summed E-state index contributed by atoms with van der Waals surface area (Å²) in [6.07, 6.45) is 0. The molecule has 2 N–H and O–H groups in total. The quantitative estimate of drug-likeness (QED) is 0.836. The minimum atomic E-state index is 0.0341. The highest BCUT2D eigenvalue weighted by Gasteiger charge is 2.07. The zero-order chi connectivity index (χ0) is 13.0. The molecule has 2 aromatic carbocycles. The van der Waals surface area contributed by atoms with Gasteiger partial charge in [0.25, 0.3) is 0 Å². The molecule has 1 atom stereocenters. The summed E-state index contributed by atoms with van der Waals surface area (Å²) in [5.74, 6) is 0.868. The van der Waals surface area contributed by atoms with Crippen LogP contribution in [0.3, 0.4) is 0 Å². The van der Waals surface area contributed by atoms with Crippen LogP contribution in [-0.4, -0.2) is 5.75 Å². The van der Waals surface area contributed by atoms with Gasteiger partial charge < -0.3 is 5.73 Å². The Balaban J connectivity index is 1.98. The first-order chi connectivity index (χ1) is 8.66. The van der Waals surface area contributed by atoms with E-state index in [1.165, 1.54) is 10.5 Å². The molecule has 1 unspecified atom stereocenters. The summed E-state index contributed by atoms with van der Waals surface area (Å²) in [5.41, 5.74) is 8.60. The first kappa shape index (κ1) is 13.5. The van der Waals surface area contributed by atoms with Crippen LogP contribution in [0.2, 0.25) is 5.02 Å². The fraction of sp³-hybridized carbons (Fsp3) is 0.200. The molecular formula is C15H16ClNS. The lowest BCUT2D eigenvalue weighted by atomic mass is 10.1. The Hall–Kier alpha value is -0.960. The Morgan fingerprint density at radius 2 is 1.78 bits per heavy atom. The Bertz CT molecular complexity index is 510. The van der Waals surface area contributed by atoms with E-state index in [0.29, 0.717) is 0 Å². The van der Waals surface area contributed by atoms with E-state index < -0.39 is 0 Å². The number of halogens is 1. The van der Waals surface area contributed by atoms with Gasteiger partial charge in [0.1, 0.15) is 0 Å². The van der Waals surface area contributed by atoms with Crippen molar-refractivity contribution in [1.82, 2.24) is 0 Å². The SMILES string of the molecule is Cc1ccccc1SCC(N)c1ccc(Cl)cc1. The van der Waals surface area contributed by atoms with Crippen molar-refractivity contribution >= 4 is 23.4 Å². The highest BCUT2D eigenvalue weighted by atomic mass is 35.5. The molecule has 2 aromatic rings. The molecule has 0 spiro atoms. The number of rotatable bonds is 4. The number of nitrogens with two attached hydrogens (primary N) is 1. The fourth-order valence-corrected chi connectivity index (χ4v) is 2.85. The van der Waals surface area contributed by atoms with Crippen molar-refractivity contribution in [3.63, 3.8) is 0 Å². The molecule has 0 amide bonds. The summed E-state index contributed by atoms with van der Waals surface area (Å²) >= 11 is 7.66. The van der Waals surface area contributed by atoms with Crippen LogP contribution in [0.25, 0.3) is 0 Å². The highest BCUT2D eigenvalue weighted by molar-refractivity contribution is 7.99. The predicted molar refractivity (Wildman–Crippen MR) is 80.3 cm³/mol. The maximum Gasteiger partial charge on any atom is 0.0406 e. The Labute approximate surface area is 117 Å². The topological polar surface area (TPSA) is 26.0 Å². The summed E-state index contributed by atoms with van der Waals surface area (Å²) in [4.78, 5) is 1.29. The zero-order valence-electron chi connectivity index (χ0n) is 10.3. The molecule has 2 rings (SSSR count). The van der Waals surface area contributed by atoms with Crippen molar-refractivity contribution in [2.45, 2.75) is 17.9 Å². The molecule has 0 saturated carbocycles. The molecule has 1 nitrogen and oxygen atoms in total. The monoisotopic (exact) mass is 277 g/mol. The molecule has 0 bridgehead atoms. The van der Waals surface area contributed by atoms with Crippen molar-refractivity contribution in [3.8, 4) is 0 Å². The second-order valence-corrected chi connectivity index (χ2v) is 5.73. The molecular weight excluding hydrogens is 262 g/mol. The standard InChI is InChI=1S/C15H16ClNS/c1-11-4-2-3-5-15(11)18-10-14(17)12-6-8-13(16)9-7-12/h2-9,14H,10,17H2,1H3. The van der Waals surface area contributed by atoms with Gasteiger partial charge in [-0.3, -0.25) is 0 Å². The van der Waals surface area contributed by atoms with Crippen molar-refractivity contribution < 1.29 is 0 Å². The van der Waals surface area contributed by atoms with Crippen molar-refractivity contribution in [2.24, 2.45) is 5.73 Å². The third kappa shape index (κ3) is 3.52. The van der Waals surface area contributed by atoms with Gasteiger partial charge in [0.05, 0.1) is 0 Å². The Kier molecular flexibility index (Phi) is 4.70. The lowest BCUT2D eigenvalue weighted by molar-refractivity contribution is 0.831. The summed E-state index contributed by atoms with van der Waals surface area (Å²) < 4.78 is 0. The highest BCUT2D eigenvalue weighted by Crippen LogP contribution is 2.26. The fourth-order valence-electron chi connectivity index (χ4n) is 1.70. The summed E-state index contributed by atoms with van der Waals surface area (Å²) in [6, 6.07) is 16.2. The lowest BCUT2D eigenvalue weighted by Crippen LogP contribution is -2.12. The smallest absolute Gasteiger partial charge is 0.0406 e. The molecule has 0 aliphatic rings. The Morgan fingerprint density at radius 1 is 1.11 bits per heavy atom. The van der Waals surface area contributed by atoms with Crippen molar-refractivity contribution in [3.05, 3.63) is 64.7 Å². The number of thioether (sulfide) groups is 1. The molecule has 0 aliphatic carbocycles. The number of hydrogen-bond acceptors (Lipinski definition) is 2. The number of hydrogen-bond donors (Lipinski definition) is 1. The average Bonchev–Trinajstić information content (AvgIpc) is 2.38. The lowest BCUT2D eigenvalue weighted by Gasteiger charge is -2.12. The van der Waals surface area contributed by atoms with Gasteiger partial charge in [0, 0.05) is 21.7 Å². The van der Waals surface area contributed by atoms with Gasteiger partial charge in [0.2, 0.25) is 0 Å². The minimum absolute atomic E-state index is 0.0341. The van der Waals surface area contributed by atoms with Crippen molar-refractivity contribution in [2.75, 3.05) is 5.75 Å². The van der Waals surface area contributed by atoms with Gasteiger partial charge in [-0.15, -0.1) is 11.8 Å². The summed E-state index contributed by atoms with van der Waals surface area (Å²) in [6.45, 7) is 2.12. The van der Waals surface area contributed by atoms with Crippen LogP contribution in [-0.2, 0) is 0 Å². The zero-order valence-corrected chi connectivity index (χ0v) is 11.8. The van der Waals surface area contributed by atoms with E-state index in [4.69, 9.17) is 17.3 Å². The summed E-state index contributed by atoms with van der Waals surface area (Å²) in [5, 5.41) is 0.748. The summed E-state index contributed by atoms with van der Waals surface area (Å²) in [7, 11) is 0. The normalized spacial score (nSPS) is 12.4. The van der Waals surface area contributed by atoms with E-state index in [1.54, 1.807) is 11.8 Å². The molecule has 0 saturated heterocycles. The van der Waals surface area contributed by atoms with Gasteiger partial charge in [-0.25, -0.2) is 0 Å². The van der Waals surface area contributed by atoms with Crippen LogP contribution in [0.15, 0.2) is 53.4 Å². The van der Waals surface area contributed by atoms with Crippen LogP contribution < -0.4 is 5.73 Å². The maximum atomic E-state index is 6.18. The third-order valence-electron chi connectivity index (χ3n) is 2.81. The van der Waals surface area contributed by atoms with E-state index >= 15 is 0 Å². The van der Waals surface area contributed by atoms with Gasteiger partial charge in [-0.2, -0.15) is 0 Å². The van der Waals surface area contributed by atoms with Crippen molar-refractivity contribution in [1.29, 1.82) is 0 Å². The Morgan fingerprint density at radius 3 is 2.44 bits per heavy atom. The minimum Gasteiger partial charge on any atom is -0.323 e. The first-order valence-electron chi connectivity index (χ1n) is 5.86. The maximum absolute atomic E-state index is 6.18. The molecule has 0 fully saturated rings. The van der Waals surface area contributed by atoms with E-state index in [1.807, 2.05) is 24.3 Å². The molecule has 0 aliphatic heterocycles. The molecule has 94 valence electrons. The van der Waals surface area contributed by atoms with Crippen LogP contribution in [0.4, 0.5) is 0 Å². The first-order valence-corrected chi connectivity index (χ1v) is 7.22. The van der Waals surface area contributed by atoms with Gasteiger partial charge in [0.15, 0.2) is 0 Å². The molecule has 18 heavy (non-hydrogen) atoms. The molecule has 0 aromatic heterocycles. The van der Waals surface area contributed by atoms with E-state index in [0.717, 1.165) is 16.3 Å². The van der Waals surface area contributed by atoms with Crippen LogP contribution in [0, 0.1) is 6.92 Å². The van der Waals surface area contributed by atoms with Gasteiger partial charge >= 0.3 is 0 Å². The van der Waals surface area contributed by atoms with Crippen LogP contribution in [0.1, 0.15) is 17.2 Å². The van der Waals surface area contributed by atoms with Crippen LogP contribution >= 0.6 is 23.4 Å². The van der Waals surface area contributed by atoms with E-state index in [-0.39, 0.29) is 6.04 Å². The largest absolute Gasteiger partial charge is 0.323 e. The second kappa shape index (κ2) is 6.28. The average molecular weight is 278 g/mol. The van der Waals surface area contributed by atoms with Crippen LogP contribution in [0.5, 0.6) is 0 Å². The van der Waals surface area contributed by atoms with Gasteiger partial charge in [-0.05, 0) is 36.2 Å². The van der Waals surface area contributed by atoms with E-state index in [2.05, 4.69) is 31.2 Å². The number of benzene rings is 2. The third-order valence-corrected chi connectivity index (χ3v) is 4.36. The van der Waals surface area contributed by atoms with E-state index in [9.17, 15) is 0 Å².